The number of fused-ring (bicyclic) bond motifs is 6. The Balaban J connectivity index is 1.30. The van der Waals surface area contributed by atoms with E-state index in [0.29, 0.717) is 0 Å². The highest BCUT2D eigenvalue weighted by molar-refractivity contribution is 6.14. The predicted molar refractivity (Wildman–Crippen MR) is 184 cm³/mol. The van der Waals surface area contributed by atoms with Gasteiger partial charge in [-0.25, -0.2) is 0 Å². The first-order valence-electron chi connectivity index (χ1n) is 15.0. The van der Waals surface area contributed by atoms with Crippen molar-refractivity contribution in [2.45, 2.75) is 0 Å². The van der Waals surface area contributed by atoms with Crippen LogP contribution in [0.2, 0.25) is 0 Å². The lowest BCUT2D eigenvalue weighted by molar-refractivity contribution is 1.16. The average molecular weight is 562 g/mol. The van der Waals surface area contributed by atoms with Gasteiger partial charge >= 0.3 is 0 Å². The number of para-hydroxylation sites is 3. The van der Waals surface area contributed by atoms with Gasteiger partial charge in [0.15, 0.2) is 0 Å². The number of hydrogen-bond acceptors (Lipinski definition) is 1. The van der Waals surface area contributed by atoms with E-state index < -0.39 is 0 Å². The first-order valence-corrected chi connectivity index (χ1v) is 15.0. The quantitative estimate of drug-likeness (QED) is 0.210. The van der Waals surface area contributed by atoms with Crippen LogP contribution in [0.5, 0.6) is 0 Å². The third-order valence-electron chi connectivity index (χ3n) is 8.78. The molecule has 44 heavy (non-hydrogen) atoms. The number of nitrogens with zero attached hydrogens (tertiary/aromatic N) is 3. The molecule has 3 aromatic heterocycles. The van der Waals surface area contributed by atoms with Crippen molar-refractivity contribution in [1.29, 1.82) is 0 Å². The zero-order valence-electron chi connectivity index (χ0n) is 23.9. The maximum Gasteiger partial charge on any atom is 0.0949 e. The third-order valence-corrected chi connectivity index (χ3v) is 8.78. The summed E-state index contributed by atoms with van der Waals surface area (Å²) in [6.07, 6.45) is 1.95. The minimum atomic E-state index is 0.973. The second-order valence-corrected chi connectivity index (χ2v) is 11.2. The lowest BCUT2D eigenvalue weighted by Gasteiger charge is -2.12. The van der Waals surface area contributed by atoms with Crippen molar-refractivity contribution in [1.82, 2.24) is 14.1 Å². The van der Waals surface area contributed by atoms with E-state index in [1.54, 1.807) is 0 Å². The minimum Gasteiger partial charge on any atom is -0.309 e. The van der Waals surface area contributed by atoms with Gasteiger partial charge in [0.2, 0.25) is 0 Å². The molecule has 0 bridgehead atoms. The Labute approximate surface area is 254 Å². The highest BCUT2D eigenvalue weighted by Gasteiger charge is 2.19. The van der Waals surface area contributed by atoms with Crippen LogP contribution in [0.15, 0.2) is 164 Å². The van der Waals surface area contributed by atoms with E-state index in [1.165, 1.54) is 43.7 Å². The molecule has 3 nitrogen and oxygen atoms in total. The fourth-order valence-electron chi connectivity index (χ4n) is 6.80. The predicted octanol–water partition coefficient (Wildman–Crippen LogP) is 10.6. The lowest BCUT2D eigenvalue weighted by Crippen LogP contribution is -1.97. The highest BCUT2D eigenvalue weighted by Crippen LogP contribution is 2.39. The Morgan fingerprint density at radius 3 is 1.66 bits per heavy atom. The monoisotopic (exact) mass is 561 g/mol. The summed E-state index contributed by atoms with van der Waals surface area (Å²) in [4.78, 5) is 5.04. The second-order valence-electron chi connectivity index (χ2n) is 11.2. The van der Waals surface area contributed by atoms with Gasteiger partial charge in [0, 0.05) is 44.7 Å². The van der Waals surface area contributed by atoms with Crippen LogP contribution in [-0.4, -0.2) is 14.1 Å². The molecule has 9 rings (SSSR count). The standard InChI is InChI=1S/C41H27N3/c1-3-11-28(12-4-1)29-19-22-32(23-20-29)43-37-17-9-7-15-33(37)35-24-21-30(27-39(35)43)40-41-36(25-26-42-40)34-16-8-10-18-38(34)44(41)31-13-5-2-6-14-31/h1-27H. The molecule has 0 aliphatic heterocycles. The summed E-state index contributed by atoms with van der Waals surface area (Å²) < 4.78 is 4.74. The molecule has 206 valence electrons. The first-order chi connectivity index (χ1) is 21.8. The molecular weight excluding hydrogens is 534 g/mol. The molecule has 9 aromatic rings. The van der Waals surface area contributed by atoms with Crippen LogP contribution >= 0.6 is 0 Å². The summed E-state index contributed by atoms with van der Waals surface area (Å²) in [5.41, 5.74) is 11.4. The fraction of sp³-hybridized carbons (Fsp3) is 0. The Kier molecular flexibility index (Phi) is 5.50. The fourth-order valence-corrected chi connectivity index (χ4v) is 6.80. The molecule has 3 heteroatoms. The van der Waals surface area contributed by atoms with Crippen molar-refractivity contribution >= 4 is 43.6 Å². The van der Waals surface area contributed by atoms with Gasteiger partial charge in [0.05, 0.1) is 27.8 Å². The second kappa shape index (κ2) is 9.82. The Hall–Kier alpha value is -5.93. The molecule has 0 saturated carbocycles. The van der Waals surface area contributed by atoms with Crippen LogP contribution in [0.25, 0.3) is 77.4 Å². The molecule has 6 aromatic carbocycles. The minimum absolute atomic E-state index is 0.973. The van der Waals surface area contributed by atoms with Crippen molar-refractivity contribution in [3.05, 3.63) is 164 Å². The van der Waals surface area contributed by atoms with E-state index in [2.05, 4.69) is 167 Å². The number of benzene rings is 6. The molecular formula is C41H27N3. The average Bonchev–Trinajstić information content (AvgIpc) is 3.62. The van der Waals surface area contributed by atoms with Gasteiger partial charge in [0.25, 0.3) is 0 Å². The normalized spacial score (nSPS) is 11.6. The Morgan fingerprint density at radius 1 is 0.364 bits per heavy atom. The number of aromatic nitrogens is 3. The molecule has 0 radical (unpaired) electrons. The van der Waals surface area contributed by atoms with Gasteiger partial charge in [-0.1, -0.05) is 109 Å². The van der Waals surface area contributed by atoms with Gasteiger partial charge in [-0.3, -0.25) is 4.98 Å². The van der Waals surface area contributed by atoms with Gasteiger partial charge in [-0.05, 0) is 59.7 Å². The van der Waals surface area contributed by atoms with Crippen molar-refractivity contribution in [2.24, 2.45) is 0 Å². The van der Waals surface area contributed by atoms with Gasteiger partial charge in [-0.15, -0.1) is 0 Å². The van der Waals surface area contributed by atoms with Crippen molar-refractivity contribution in [3.63, 3.8) is 0 Å². The van der Waals surface area contributed by atoms with Gasteiger partial charge in [-0.2, -0.15) is 0 Å². The molecule has 0 atom stereocenters. The Morgan fingerprint density at radius 2 is 0.909 bits per heavy atom. The van der Waals surface area contributed by atoms with E-state index in [0.717, 1.165) is 33.7 Å². The molecule has 0 N–H and O–H groups in total. The van der Waals surface area contributed by atoms with Crippen LogP contribution in [-0.2, 0) is 0 Å². The maximum atomic E-state index is 5.04. The van der Waals surface area contributed by atoms with E-state index in [9.17, 15) is 0 Å². The number of pyridine rings is 1. The summed E-state index contributed by atoms with van der Waals surface area (Å²) in [5, 5.41) is 4.90. The summed E-state index contributed by atoms with van der Waals surface area (Å²) in [6, 6.07) is 56.3. The third kappa shape index (κ3) is 3.73. The largest absolute Gasteiger partial charge is 0.309 e. The van der Waals surface area contributed by atoms with E-state index >= 15 is 0 Å². The summed E-state index contributed by atoms with van der Waals surface area (Å²) in [6.45, 7) is 0. The topological polar surface area (TPSA) is 22.8 Å². The van der Waals surface area contributed by atoms with Crippen LogP contribution in [0.3, 0.4) is 0 Å². The first kappa shape index (κ1) is 24.6. The molecule has 0 aliphatic carbocycles. The summed E-state index contributed by atoms with van der Waals surface area (Å²) >= 11 is 0. The zero-order valence-corrected chi connectivity index (χ0v) is 23.9. The summed E-state index contributed by atoms with van der Waals surface area (Å²) in [5.74, 6) is 0. The molecule has 0 fully saturated rings. The SMILES string of the molecule is c1ccc(-c2ccc(-n3c4ccccc4c4ccc(-c5nccc6c7ccccc7n(-c7ccccc7)c56)cc43)cc2)cc1. The van der Waals surface area contributed by atoms with Crippen LogP contribution < -0.4 is 0 Å². The van der Waals surface area contributed by atoms with Crippen molar-refractivity contribution in [2.75, 3.05) is 0 Å². The smallest absolute Gasteiger partial charge is 0.0949 e. The van der Waals surface area contributed by atoms with Gasteiger partial charge < -0.3 is 9.13 Å². The molecule has 0 saturated heterocycles. The number of hydrogen-bond donors (Lipinski definition) is 0. The van der Waals surface area contributed by atoms with Crippen molar-refractivity contribution < 1.29 is 0 Å². The lowest BCUT2D eigenvalue weighted by atomic mass is 10.0. The maximum absolute atomic E-state index is 5.04. The van der Waals surface area contributed by atoms with E-state index in [1.807, 2.05) is 6.20 Å². The molecule has 0 amide bonds. The van der Waals surface area contributed by atoms with Crippen molar-refractivity contribution in [3.8, 4) is 33.8 Å². The van der Waals surface area contributed by atoms with Crippen LogP contribution in [0.4, 0.5) is 0 Å². The molecule has 0 spiro atoms. The molecule has 0 unspecified atom stereocenters. The summed E-state index contributed by atoms with van der Waals surface area (Å²) in [7, 11) is 0. The van der Waals surface area contributed by atoms with Crippen LogP contribution in [0.1, 0.15) is 0 Å². The van der Waals surface area contributed by atoms with Crippen LogP contribution in [0, 0.1) is 0 Å². The zero-order chi connectivity index (χ0) is 29.0. The van der Waals surface area contributed by atoms with Gasteiger partial charge in [0.1, 0.15) is 0 Å². The van der Waals surface area contributed by atoms with E-state index in [4.69, 9.17) is 4.98 Å². The van der Waals surface area contributed by atoms with E-state index in [-0.39, 0.29) is 0 Å². The highest BCUT2D eigenvalue weighted by atomic mass is 15.0. The molecule has 3 heterocycles. The number of rotatable bonds is 4. The Bertz CT molecular complexity index is 2470. The molecule has 0 aliphatic rings.